The van der Waals surface area contributed by atoms with Crippen LogP contribution in [0.25, 0.3) is 11.5 Å². The monoisotopic (exact) mass is 362 g/mol. The average molecular weight is 362 g/mol. The maximum absolute atomic E-state index is 5.60. The number of rotatable bonds is 5. The lowest BCUT2D eigenvalue weighted by atomic mass is 10.1. The molecule has 0 radical (unpaired) electrons. The molecular formula is C22H26N4O. The number of nitrogens with one attached hydrogen (secondary N) is 2. The first-order chi connectivity index (χ1) is 13.0. The van der Waals surface area contributed by atoms with Crippen molar-refractivity contribution in [2.45, 2.75) is 33.9 Å². The predicted octanol–water partition coefficient (Wildman–Crippen LogP) is 4.13. The van der Waals surface area contributed by atoms with Gasteiger partial charge in [-0.05, 0) is 44.0 Å². The Bertz CT molecular complexity index is 926. The van der Waals surface area contributed by atoms with Gasteiger partial charge in [-0.25, -0.2) is 4.98 Å². The molecule has 0 saturated heterocycles. The molecule has 0 fully saturated rings. The molecule has 5 nitrogen and oxygen atoms in total. The first-order valence-corrected chi connectivity index (χ1v) is 9.07. The fourth-order valence-electron chi connectivity index (χ4n) is 2.83. The van der Waals surface area contributed by atoms with Crippen LogP contribution in [0.2, 0.25) is 0 Å². The normalized spacial score (nSPS) is 11.5. The molecule has 0 atom stereocenters. The van der Waals surface area contributed by atoms with Crippen LogP contribution in [-0.2, 0) is 13.1 Å². The molecular weight excluding hydrogens is 336 g/mol. The van der Waals surface area contributed by atoms with Gasteiger partial charge < -0.3 is 15.1 Å². The molecule has 1 heterocycles. The average Bonchev–Trinajstić information content (AvgIpc) is 3.13. The van der Waals surface area contributed by atoms with Gasteiger partial charge in [0.05, 0.1) is 12.2 Å². The van der Waals surface area contributed by atoms with Gasteiger partial charge in [-0.1, -0.05) is 41.5 Å². The van der Waals surface area contributed by atoms with Gasteiger partial charge in [-0.2, -0.15) is 0 Å². The van der Waals surface area contributed by atoms with Crippen molar-refractivity contribution < 1.29 is 4.42 Å². The van der Waals surface area contributed by atoms with E-state index in [1.165, 1.54) is 22.3 Å². The quantitative estimate of drug-likeness (QED) is 0.529. The van der Waals surface area contributed by atoms with Crippen LogP contribution in [0.3, 0.4) is 0 Å². The Kier molecular flexibility index (Phi) is 5.91. The number of hydrogen-bond acceptors (Lipinski definition) is 3. The first-order valence-electron chi connectivity index (χ1n) is 9.07. The zero-order valence-electron chi connectivity index (χ0n) is 16.3. The molecule has 2 aromatic carbocycles. The number of guanidine groups is 1. The van der Waals surface area contributed by atoms with Crippen LogP contribution < -0.4 is 10.6 Å². The zero-order valence-corrected chi connectivity index (χ0v) is 16.3. The van der Waals surface area contributed by atoms with Crippen LogP contribution in [0, 0.1) is 20.8 Å². The van der Waals surface area contributed by atoms with E-state index < -0.39 is 0 Å². The largest absolute Gasteiger partial charge is 0.444 e. The summed E-state index contributed by atoms with van der Waals surface area (Å²) in [6, 6.07) is 14.6. The second kappa shape index (κ2) is 8.54. The summed E-state index contributed by atoms with van der Waals surface area (Å²) in [5.74, 6) is 1.36. The van der Waals surface area contributed by atoms with E-state index in [9.17, 15) is 0 Å². The van der Waals surface area contributed by atoms with Gasteiger partial charge in [0, 0.05) is 19.2 Å². The molecule has 0 unspecified atom stereocenters. The van der Waals surface area contributed by atoms with Crippen LogP contribution in [-0.4, -0.2) is 18.0 Å². The highest BCUT2D eigenvalue weighted by Crippen LogP contribution is 2.19. The summed E-state index contributed by atoms with van der Waals surface area (Å²) in [5.41, 5.74) is 6.83. The van der Waals surface area contributed by atoms with E-state index in [0.717, 1.165) is 23.8 Å². The Morgan fingerprint density at radius 3 is 2.37 bits per heavy atom. The second-order valence-electron chi connectivity index (χ2n) is 6.72. The highest BCUT2D eigenvalue weighted by molar-refractivity contribution is 5.79. The van der Waals surface area contributed by atoms with Gasteiger partial charge in [-0.3, -0.25) is 4.99 Å². The third kappa shape index (κ3) is 4.97. The minimum Gasteiger partial charge on any atom is -0.444 e. The molecule has 0 bridgehead atoms. The Hall–Kier alpha value is -3.08. The lowest BCUT2D eigenvalue weighted by molar-refractivity contribution is 0.572. The molecule has 0 amide bonds. The van der Waals surface area contributed by atoms with Gasteiger partial charge in [-0.15, -0.1) is 0 Å². The van der Waals surface area contributed by atoms with Crippen LogP contribution in [0.1, 0.15) is 27.9 Å². The molecule has 3 aromatic rings. The van der Waals surface area contributed by atoms with Crippen molar-refractivity contribution in [1.82, 2.24) is 15.6 Å². The summed E-state index contributed by atoms with van der Waals surface area (Å²) < 4.78 is 5.60. The van der Waals surface area contributed by atoms with E-state index in [0.29, 0.717) is 12.4 Å². The highest BCUT2D eigenvalue weighted by atomic mass is 16.3. The van der Waals surface area contributed by atoms with Gasteiger partial charge in [0.15, 0.2) is 5.96 Å². The van der Waals surface area contributed by atoms with E-state index in [2.05, 4.69) is 71.7 Å². The molecule has 1 aromatic heterocycles. The molecule has 140 valence electrons. The Morgan fingerprint density at radius 2 is 1.67 bits per heavy atom. The second-order valence-corrected chi connectivity index (χ2v) is 6.72. The van der Waals surface area contributed by atoms with Crippen LogP contribution in [0.5, 0.6) is 0 Å². The Balaban J connectivity index is 1.56. The molecule has 3 rings (SSSR count). The van der Waals surface area contributed by atoms with Crippen LogP contribution in [0.4, 0.5) is 0 Å². The van der Waals surface area contributed by atoms with Crippen molar-refractivity contribution in [2.75, 3.05) is 7.05 Å². The molecule has 0 saturated carbocycles. The number of hydrogen-bond donors (Lipinski definition) is 2. The number of benzene rings is 2. The number of aliphatic imine (C=N–C) groups is 1. The van der Waals surface area contributed by atoms with Gasteiger partial charge in [0.2, 0.25) is 5.89 Å². The van der Waals surface area contributed by atoms with E-state index in [1.54, 1.807) is 13.3 Å². The molecule has 5 heteroatoms. The summed E-state index contributed by atoms with van der Waals surface area (Å²) >= 11 is 0. The van der Waals surface area contributed by atoms with Crippen molar-refractivity contribution in [3.63, 3.8) is 0 Å². The van der Waals surface area contributed by atoms with Crippen molar-refractivity contribution in [3.05, 3.63) is 76.7 Å². The maximum Gasteiger partial charge on any atom is 0.226 e. The van der Waals surface area contributed by atoms with Gasteiger partial charge in [0.25, 0.3) is 0 Å². The highest BCUT2D eigenvalue weighted by Gasteiger charge is 2.07. The van der Waals surface area contributed by atoms with Crippen molar-refractivity contribution in [3.8, 4) is 11.5 Å². The lowest BCUT2D eigenvalue weighted by Crippen LogP contribution is -2.36. The molecule has 0 aliphatic rings. The molecule has 0 aliphatic carbocycles. The van der Waals surface area contributed by atoms with E-state index in [-0.39, 0.29) is 0 Å². The number of aryl methyl sites for hydroxylation is 3. The number of aromatic nitrogens is 1. The van der Waals surface area contributed by atoms with Crippen LogP contribution >= 0.6 is 0 Å². The fraction of sp³-hybridized carbons (Fsp3) is 0.273. The van der Waals surface area contributed by atoms with E-state index in [1.807, 2.05) is 12.1 Å². The third-order valence-corrected chi connectivity index (χ3v) is 4.46. The smallest absolute Gasteiger partial charge is 0.226 e. The fourth-order valence-corrected chi connectivity index (χ4v) is 2.83. The van der Waals surface area contributed by atoms with Crippen LogP contribution in [0.15, 0.2) is 58.1 Å². The summed E-state index contributed by atoms with van der Waals surface area (Å²) in [5, 5.41) is 6.62. The summed E-state index contributed by atoms with van der Waals surface area (Å²) in [4.78, 5) is 8.82. The Labute approximate surface area is 160 Å². The first kappa shape index (κ1) is 18.7. The summed E-state index contributed by atoms with van der Waals surface area (Å²) in [7, 11) is 1.76. The molecule has 0 aliphatic heterocycles. The number of nitrogens with zero attached hydrogens (tertiary/aromatic N) is 2. The van der Waals surface area contributed by atoms with E-state index in [4.69, 9.17) is 4.42 Å². The minimum atomic E-state index is 0.544. The van der Waals surface area contributed by atoms with Crippen molar-refractivity contribution in [2.24, 2.45) is 4.99 Å². The Morgan fingerprint density at radius 1 is 0.963 bits per heavy atom. The summed E-state index contributed by atoms with van der Waals surface area (Å²) in [6.45, 7) is 7.56. The van der Waals surface area contributed by atoms with E-state index >= 15 is 0 Å². The summed E-state index contributed by atoms with van der Waals surface area (Å²) in [6.07, 6.45) is 1.68. The SMILES string of the molecule is CN=C(NCc1coc(-c2ccc(C)cc2)n1)NCc1ccc(C)cc1C. The van der Waals surface area contributed by atoms with Gasteiger partial charge in [0.1, 0.15) is 6.26 Å². The third-order valence-electron chi connectivity index (χ3n) is 4.46. The standard InChI is InChI=1S/C22H26N4O/c1-15-5-8-18(9-6-15)21-26-20(14-27-21)13-25-22(23-4)24-12-19-10-7-16(2)11-17(19)3/h5-11,14H,12-13H2,1-4H3,(H2,23,24,25). The predicted molar refractivity (Wildman–Crippen MR) is 110 cm³/mol. The zero-order chi connectivity index (χ0) is 19.2. The van der Waals surface area contributed by atoms with Gasteiger partial charge >= 0.3 is 0 Å². The number of oxazole rings is 1. The molecule has 0 spiro atoms. The lowest BCUT2D eigenvalue weighted by Gasteiger charge is -2.12. The topological polar surface area (TPSA) is 62.5 Å². The molecule has 27 heavy (non-hydrogen) atoms. The minimum absolute atomic E-state index is 0.544. The maximum atomic E-state index is 5.60. The molecule has 2 N–H and O–H groups in total. The van der Waals surface area contributed by atoms with Crippen molar-refractivity contribution in [1.29, 1.82) is 0 Å². The van der Waals surface area contributed by atoms with Crippen molar-refractivity contribution >= 4 is 5.96 Å².